The molecule has 0 aromatic rings. The lowest BCUT2D eigenvalue weighted by Crippen LogP contribution is -2.21. The molecule has 0 fully saturated rings. The minimum atomic E-state index is 0.233. The van der Waals surface area contributed by atoms with Crippen molar-refractivity contribution in [2.45, 2.75) is 52.1 Å². The van der Waals surface area contributed by atoms with Crippen molar-refractivity contribution in [2.75, 3.05) is 13.7 Å². The van der Waals surface area contributed by atoms with Crippen LogP contribution in [0.25, 0.3) is 0 Å². The largest absolute Gasteiger partial charge is 0.396 e. The lowest BCUT2D eigenvalue weighted by molar-refractivity contribution is 0.0345. The van der Waals surface area contributed by atoms with E-state index in [1.54, 1.807) is 7.11 Å². The number of ether oxygens (including phenoxy) is 1. The molecule has 0 aliphatic heterocycles. The number of hydrogen-bond donors (Lipinski definition) is 1. The van der Waals surface area contributed by atoms with Crippen LogP contribution in [0, 0.1) is 5.92 Å². The van der Waals surface area contributed by atoms with Crippen LogP contribution in [0.2, 0.25) is 0 Å². The molecule has 0 radical (unpaired) electrons. The lowest BCUT2D eigenvalue weighted by Gasteiger charge is -2.21. The van der Waals surface area contributed by atoms with Gasteiger partial charge in [-0.2, -0.15) is 0 Å². The second-order valence-electron chi connectivity index (χ2n) is 3.76. The standard InChI is InChI=1S/C11H24O2/c1-4-5-6-7-10(2)11(13-3)8-9-12/h10-12H,4-9H2,1-3H3. The first-order chi connectivity index (χ1) is 6.26. The average Bonchev–Trinajstić information content (AvgIpc) is 2.14. The summed E-state index contributed by atoms with van der Waals surface area (Å²) in [5, 5.41) is 8.81. The molecular weight excluding hydrogens is 164 g/mol. The summed E-state index contributed by atoms with van der Waals surface area (Å²) in [6.07, 6.45) is 6.07. The van der Waals surface area contributed by atoms with Gasteiger partial charge in [0.05, 0.1) is 6.10 Å². The van der Waals surface area contributed by atoms with Crippen LogP contribution in [0.1, 0.15) is 46.0 Å². The summed E-state index contributed by atoms with van der Waals surface area (Å²) in [6, 6.07) is 0. The van der Waals surface area contributed by atoms with E-state index in [-0.39, 0.29) is 12.7 Å². The summed E-state index contributed by atoms with van der Waals surface area (Å²) in [7, 11) is 1.73. The number of rotatable bonds is 8. The monoisotopic (exact) mass is 188 g/mol. The molecule has 0 rings (SSSR count). The number of aliphatic hydroxyl groups is 1. The maximum Gasteiger partial charge on any atom is 0.0618 e. The van der Waals surface area contributed by atoms with E-state index in [2.05, 4.69) is 13.8 Å². The maximum atomic E-state index is 8.81. The fourth-order valence-corrected chi connectivity index (χ4v) is 1.66. The van der Waals surface area contributed by atoms with Gasteiger partial charge in [-0.15, -0.1) is 0 Å². The third kappa shape index (κ3) is 6.05. The van der Waals surface area contributed by atoms with E-state index < -0.39 is 0 Å². The van der Waals surface area contributed by atoms with Crippen LogP contribution in [-0.4, -0.2) is 24.9 Å². The molecule has 13 heavy (non-hydrogen) atoms. The first kappa shape index (κ1) is 12.9. The van der Waals surface area contributed by atoms with Gasteiger partial charge in [-0.3, -0.25) is 0 Å². The Bertz CT molecular complexity index is 104. The van der Waals surface area contributed by atoms with Gasteiger partial charge in [0.1, 0.15) is 0 Å². The van der Waals surface area contributed by atoms with Gasteiger partial charge in [0.25, 0.3) is 0 Å². The summed E-state index contributed by atoms with van der Waals surface area (Å²) in [4.78, 5) is 0. The summed E-state index contributed by atoms with van der Waals surface area (Å²) in [6.45, 7) is 4.66. The summed E-state index contributed by atoms with van der Waals surface area (Å²) in [5.41, 5.74) is 0. The van der Waals surface area contributed by atoms with E-state index in [9.17, 15) is 0 Å². The molecule has 0 aliphatic rings. The maximum absolute atomic E-state index is 8.81. The molecule has 0 aromatic carbocycles. The second-order valence-corrected chi connectivity index (χ2v) is 3.76. The van der Waals surface area contributed by atoms with E-state index in [0.29, 0.717) is 5.92 Å². The Kier molecular flexibility index (Phi) is 8.46. The molecule has 0 heterocycles. The third-order valence-electron chi connectivity index (χ3n) is 2.61. The highest BCUT2D eigenvalue weighted by Crippen LogP contribution is 2.17. The summed E-state index contributed by atoms with van der Waals surface area (Å²) in [5.74, 6) is 0.573. The predicted octanol–water partition coefficient (Wildman–Crippen LogP) is 2.60. The van der Waals surface area contributed by atoms with Crippen LogP contribution in [-0.2, 0) is 4.74 Å². The van der Waals surface area contributed by atoms with Gasteiger partial charge in [-0.25, -0.2) is 0 Å². The van der Waals surface area contributed by atoms with Gasteiger partial charge in [0.15, 0.2) is 0 Å². The molecule has 2 atom stereocenters. The summed E-state index contributed by atoms with van der Waals surface area (Å²) >= 11 is 0. The molecule has 2 nitrogen and oxygen atoms in total. The Morgan fingerprint density at radius 2 is 1.92 bits per heavy atom. The van der Waals surface area contributed by atoms with E-state index in [4.69, 9.17) is 9.84 Å². The molecule has 0 saturated heterocycles. The van der Waals surface area contributed by atoms with E-state index in [1.807, 2.05) is 0 Å². The van der Waals surface area contributed by atoms with Crippen molar-refractivity contribution in [3.8, 4) is 0 Å². The van der Waals surface area contributed by atoms with E-state index in [1.165, 1.54) is 25.7 Å². The minimum absolute atomic E-state index is 0.233. The SMILES string of the molecule is CCCCCC(C)C(CCO)OC. The molecule has 2 unspecified atom stereocenters. The van der Waals surface area contributed by atoms with Crippen molar-refractivity contribution in [3.63, 3.8) is 0 Å². The van der Waals surface area contributed by atoms with Crippen LogP contribution >= 0.6 is 0 Å². The zero-order valence-electron chi connectivity index (χ0n) is 9.25. The zero-order chi connectivity index (χ0) is 10.1. The highest BCUT2D eigenvalue weighted by atomic mass is 16.5. The molecule has 2 heteroatoms. The van der Waals surface area contributed by atoms with Crippen molar-refractivity contribution < 1.29 is 9.84 Å². The Morgan fingerprint density at radius 3 is 2.38 bits per heavy atom. The smallest absolute Gasteiger partial charge is 0.0618 e. The number of unbranched alkanes of at least 4 members (excludes halogenated alkanes) is 2. The van der Waals surface area contributed by atoms with Gasteiger partial charge in [0.2, 0.25) is 0 Å². The van der Waals surface area contributed by atoms with Crippen molar-refractivity contribution >= 4 is 0 Å². The Balaban J connectivity index is 3.57. The quantitative estimate of drug-likeness (QED) is 0.593. The highest BCUT2D eigenvalue weighted by molar-refractivity contribution is 4.65. The van der Waals surface area contributed by atoms with Gasteiger partial charge in [-0.1, -0.05) is 33.1 Å². The molecule has 0 amide bonds. The lowest BCUT2D eigenvalue weighted by atomic mass is 9.95. The van der Waals surface area contributed by atoms with Crippen LogP contribution in [0.15, 0.2) is 0 Å². The molecule has 1 N–H and O–H groups in total. The Hall–Kier alpha value is -0.0800. The fraction of sp³-hybridized carbons (Fsp3) is 1.00. The average molecular weight is 188 g/mol. The van der Waals surface area contributed by atoms with Crippen LogP contribution in [0.3, 0.4) is 0 Å². The second kappa shape index (κ2) is 8.52. The number of aliphatic hydroxyl groups excluding tert-OH is 1. The molecule has 0 spiro atoms. The molecule has 80 valence electrons. The zero-order valence-corrected chi connectivity index (χ0v) is 9.25. The first-order valence-corrected chi connectivity index (χ1v) is 5.39. The third-order valence-corrected chi connectivity index (χ3v) is 2.61. The molecule has 0 aromatic heterocycles. The number of methoxy groups -OCH3 is 1. The topological polar surface area (TPSA) is 29.5 Å². The van der Waals surface area contributed by atoms with Crippen molar-refractivity contribution in [1.29, 1.82) is 0 Å². The molecular formula is C11H24O2. The van der Waals surface area contributed by atoms with E-state index in [0.717, 1.165) is 6.42 Å². The number of hydrogen-bond acceptors (Lipinski definition) is 2. The minimum Gasteiger partial charge on any atom is -0.396 e. The molecule has 0 saturated carbocycles. The van der Waals surface area contributed by atoms with Gasteiger partial charge in [-0.05, 0) is 18.8 Å². The fourth-order valence-electron chi connectivity index (χ4n) is 1.66. The summed E-state index contributed by atoms with van der Waals surface area (Å²) < 4.78 is 5.32. The molecule has 0 aliphatic carbocycles. The van der Waals surface area contributed by atoms with Crippen LogP contribution in [0.5, 0.6) is 0 Å². The highest BCUT2D eigenvalue weighted by Gasteiger charge is 2.15. The van der Waals surface area contributed by atoms with Crippen molar-refractivity contribution in [3.05, 3.63) is 0 Å². The van der Waals surface area contributed by atoms with E-state index >= 15 is 0 Å². The van der Waals surface area contributed by atoms with Crippen molar-refractivity contribution in [2.24, 2.45) is 5.92 Å². The molecule has 0 bridgehead atoms. The Morgan fingerprint density at radius 1 is 1.23 bits per heavy atom. The van der Waals surface area contributed by atoms with Crippen molar-refractivity contribution in [1.82, 2.24) is 0 Å². The van der Waals surface area contributed by atoms with Gasteiger partial charge >= 0.3 is 0 Å². The first-order valence-electron chi connectivity index (χ1n) is 5.39. The van der Waals surface area contributed by atoms with Crippen LogP contribution in [0.4, 0.5) is 0 Å². The van der Waals surface area contributed by atoms with Crippen LogP contribution < -0.4 is 0 Å². The normalized spacial score (nSPS) is 15.7. The predicted molar refractivity (Wildman–Crippen MR) is 55.8 cm³/mol. The Labute approximate surface area is 82.3 Å². The van der Waals surface area contributed by atoms with Gasteiger partial charge < -0.3 is 9.84 Å². The van der Waals surface area contributed by atoms with Gasteiger partial charge in [0, 0.05) is 13.7 Å².